The van der Waals surface area contributed by atoms with Crippen LogP contribution in [0.25, 0.3) is 0 Å². The largest absolute Gasteiger partial charge is 0.461 e. The SMILES string of the molecule is CN(C)C(=O)c1cc2n(n1)CCCN(c1nc(OC[C@@]34CCCN3C[C@H](F)C4)nc3c1COC1(CCCc4ccc(N)c(C#N)c41)C3)C2.O.O.[Pd]. The van der Waals surface area contributed by atoms with Gasteiger partial charge in [0.05, 0.1) is 35.6 Å². The Hall–Kier alpha value is -3.70. The van der Waals surface area contributed by atoms with E-state index in [1.807, 2.05) is 22.9 Å². The van der Waals surface area contributed by atoms with Crippen LogP contribution >= 0.6 is 0 Å². The van der Waals surface area contributed by atoms with Gasteiger partial charge in [0.1, 0.15) is 30.3 Å². The molecule has 16 heteroatoms. The van der Waals surface area contributed by atoms with Gasteiger partial charge in [-0.25, -0.2) is 4.39 Å². The molecule has 4 aliphatic heterocycles. The first kappa shape index (κ1) is 38.5. The van der Waals surface area contributed by atoms with Crippen molar-refractivity contribution in [3.63, 3.8) is 0 Å². The van der Waals surface area contributed by atoms with Gasteiger partial charge in [-0.05, 0) is 62.8 Å². The number of hydrogen-bond acceptors (Lipinski definition) is 10. The number of rotatable bonds is 5. The van der Waals surface area contributed by atoms with Crippen LogP contribution < -0.4 is 15.4 Å². The van der Waals surface area contributed by atoms with Gasteiger partial charge in [-0.15, -0.1) is 0 Å². The van der Waals surface area contributed by atoms with Crippen molar-refractivity contribution in [2.45, 2.75) is 88.4 Å². The molecule has 14 nitrogen and oxygen atoms in total. The van der Waals surface area contributed by atoms with E-state index in [2.05, 4.69) is 21.0 Å². The molecular weight excluding hydrogens is 752 g/mol. The molecule has 1 aromatic carbocycles. The number of nitrogens with zero attached hydrogens (tertiary/aromatic N) is 8. The van der Waals surface area contributed by atoms with E-state index in [9.17, 15) is 14.4 Å². The van der Waals surface area contributed by atoms with E-state index in [1.165, 1.54) is 4.90 Å². The molecule has 3 aromatic rings. The van der Waals surface area contributed by atoms with Crippen molar-refractivity contribution >= 4 is 17.4 Å². The topological polar surface area (TPSA) is 202 Å². The van der Waals surface area contributed by atoms with Gasteiger partial charge in [0.25, 0.3) is 5.91 Å². The molecule has 6 N–H and O–H groups in total. The van der Waals surface area contributed by atoms with Crippen LogP contribution in [0.15, 0.2) is 18.2 Å². The van der Waals surface area contributed by atoms with Crippen LogP contribution in [0.2, 0.25) is 0 Å². The van der Waals surface area contributed by atoms with Crippen molar-refractivity contribution in [3.8, 4) is 12.1 Å². The number of hydrogen-bond donors (Lipinski definition) is 1. The molecule has 278 valence electrons. The maximum absolute atomic E-state index is 14.6. The van der Waals surface area contributed by atoms with Crippen molar-refractivity contribution in [2.24, 2.45) is 0 Å². The van der Waals surface area contributed by atoms with Crippen LogP contribution in [-0.4, -0.2) is 98.5 Å². The Balaban J connectivity index is 0.00000168. The third-order valence-electron chi connectivity index (χ3n) is 11.1. The van der Waals surface area contributed by atoms with Crippen LogP contribution in [0.5, 0.6) is 6.01 Å². The molecule has 5 aliphatic rings. The fraction of sp³-hybridized carbons (Fsp3) is 0.571. The van der Waals surface area contributed by atoms with Gasteiger partial charge in [-0.2, -0.15) is 20.3 Å². The Labute approximate surface area is 310 Å². The number of nitrogen functional groups attached to an aromatic ring is 1. The number of aromatic nitrogens is 4. The molecule has 8 rings (SSSR count). The van der Waals surface area contributed by atoms with Crippen molar-refractivity contribution < 1.29 is 50.0 Å². The number of amides is 1. The summed E-state index contributed by atoms with van der Waals surface area (Å²) in [7, 11) is 3.45. The van der Waals surface area contributed by atoms with Crippen LogP contribution in [0.4, 0.5) is 15.9 Å². The average molecular weight is 798 g/mol. The van der Waals surface area contributed by atoms with E-state index in [4.69, 9.17) is 25.2 Å². The van der Waals surface area contributed by atoms with E-state index in [1.54, 1.807) is 14.1 Å². The molecule has 3 atom stereocenters. The third-order valence-corrected chi connectivity index (χ3v) is 11.1. The number of anilines is 2. The number of benzene rings is 1. The fourth-order valence-electron chi connectivity index (χ4n) is 8.79. The standard InChI is InChI=1S/C35H42FN9O3.2H2O.Pd/c1-42(2)32(46)28-14-24-19-43(11-5-13-45(24)41-28)31-26-20-48-35(10-3-6-22-7-8-27(38)25(17-37)30(22)35)16-29(26)39-33(40-31)47-21-34-9-4-12-44(34)18-23(36)15-34;;;/h7-8,14,23H,3-6,9-13,15-16,18-21,38H2,1-2H3;2*1H2;/t23-,34+,35?;;;/m1.../s1. The summed E-state index contributed by atoms with van der Waals surface area (Å²) in [6, 6.07) is 8.34. The number of alkyl halides is 1. The molecule has 1 unspecified atom stereocenters. The Morgan fingerprint density at radius 1 is 1.18 bits per heavy atom. The zero-order chi connectivity index (χ0) is 33.2. The summed E-state index contributed by atoms with van der Waals surface area (Å²) in [5.74, 6) is 0.600. The summed E-state index contributed by atoms with van der Waals surface area (Å²) < 4.78 is 29.8. The number of nitrogens with two attached hydrogens (primary N) is 1. The zero-order valence-electron chi connectivity index (χ0n) is 29.0. The second-order valence-corrected chi connectivity index (χ2v) is 14.3. The van der Waals surface area contributed by atoms with E-state index in [0.29, 0.717) is 62.6 Å². The van der Waals surface area contributed by atoms with E-state index in [-0.39, 0.29) is 55.4 Å². The minimum Gasteiger partial charge on any atom is -0.461 e. The summed E-state index contributed by atoms with van der Waals surface area (Å²) in [5.41, 5.74) is 11.2. The van der Waals surface area contributed by atoms with Gasteiger partial charge in [0, 0.05) is 83.8 Å². The van der Waals surface area contributed by atoms with E-state index >= 15 is 0 Å². The van der Waals surface area contributed by atoms with Crippen LogP contribution in [0.3, 0.4) is 0 Å². The van der Waals surface area contributed by atoms with Gasteiger partial charge in [-0.3, -0.25) is 14.4 Å². The summed E-state index contributed by atoms with van der Waals surface area (Å²) in [4.78, 5) is 28.8. The molecule has 0 bridgehead atoms. The normalized spacial score (nSPS) is 24.7. The molecule has 0 radical (unpaired) electrons. The molecule has 2 aromatic heterocycles. The van der Waals surface area contributed by atoms with Crippen LogP contribution in [-0.2, 0) is 63.3 Å². The molecule has 6 heterocycles. The number of fused-ring (bicyclic) bond motifs is 5. The second-order valence-electron chi connectivity index (χ2n) is 14.3. The van der Waals surface area contributed by atoms with Crippen LogP contribution in [0.1, 0.15) is 82.7 Å². The van der Waals surface area contributed by atoms with Gasteiger partial charge >= 0.3 is 6.01 Å². The van der Waals surface area contributed by atoms with Gasteiger partial charge in [0.15, 0.2) is 5.69 Å². The Morgan fingerprint density at radius 2 is 2.00 bits per heavy atom. The van der Waals surface area contributed by atoms with Crippen molar-refractivity contribution in [3.05, 3.63) is 57.5 Å². The molecule has 1 aliphatic carbocycles. The van der Waals surface area contributed by atoms with Gasteiger partial charge < -0.3 is 36.0 Å². The summed E-state index contributed by atoms with van der Waals surface area (Å²) in [5, 5.41) is 14.8. The number of aryl methyl sites for hydroxylation is 2. The second kappa shape index (κ2) is 14.7. The number of carbonyl (C=O) groups is 1. The molecule has 2 fully saturated rings. The number of carbonyl (C=O) groups excluding carboxylic acids is 1. The first-order valence-electron chi connectivity index (χ1n) is 17.1. The summed E-state index contributed by atoms with van der Waals surface area (Å²) in [6.45, 7) is 3.82. The van der Waals surface area contributed by atoms with E-state index in [0.717, 1.165) is 79.0 Å². The number of halogens is 1. The molecule has 51 heavy (non-hydrogen) atoms. The predicted octanol–water partition coefficient (Wildman–Crippen LogP) is 1.85. The first-order chi connectivity index (χ1) is 23.2. The minimum absolute atomic E-state index is 0. The monoisotopic (exact) mass is 797 g/mol. The van der Waals surface area contributed by atoms with E-state index < -0.39 is 11.8 Å². The van der Waals surface area contributed by atoms with Crippen LogP contribution in [0, 0.1) is 11.3 Å². The van der Waals surface area contributed by atoms with Gasteiger partial charge in [-0.1, -0.05) is 6.07 Å². The third kappa shape index (κ3) is 6.60. The van der Waals surface area contributed by atoms with Crippen molar-refractivity contribution in [1.29, 1.82) is 5.26 Å². The van der Waals surface area contributed by atoms with Crippen molar-refractivity contribution in [2.75, 3.05) is 51.0 Å². The smallest absolute Gasteiger partial charge is 0.318 e. The molecule has 1 spiro atoms. The Morgan fingerprint density at radius 3 is 2.78 bits per heavy atom. The predicted molar refractivity (Wildman–Crippen MR) is 182 cm³/mol. The fourth-order valence-corrected chi connectivity index (χ4v) is 8.79. The molecular formula is C35H46FN9O5Pd. The molecule has 1 amide bonds. The summed E-state index contributed by atoms with van der Waals surface area (Å²) in [6.07, 6.45) is 5.30. The Bertz CT molecular complexity index is 1840. The summed E-state index contributed by atoms with van der Waals surface area (Å²) >= 11 is 0. The Kier molecular flexibility index (Phi) is 11.1. The molecule has 2 saturated heterocycles. The quantitative estimate of drug-likeness (QED) is 0.293. The van der Waals surface area contributed by atoms with Crippen molar-refractivity contribution in [1.82, 2.24) is 29.5 Å². The number of ether oxygens (including phenoxy) is 2. The first-order valence-corrected chi connectivity index (χ1v) is 17.1. The maximum Gasteiger partial charge on any atom is 0.318 e. The minimum atomic E-state index is -0.856. The molecule has 0 saturated carbocycles. The zero-order valence-corrected chi connectivity index (χ0v) is 30.5. The van der Waals surface area contributed by atoms with Gasteiger partial charge in [0.2, 0.25) is 0 Å². The number of nitriles is 1. The maximum atomic E-state index is 14.6. The average Bonchev–Trinajstić information content (AvgIpc) is 3.70.